The summed E-state index contributed by atoms with van der Waals surface area (Å²) in [4.78, 5) is 12.5. The molecule has 4 fully saturated rings. The molecule has 0 aromatic rings. The largest absolute Gasteiger partial charge is 0.397 e. The SMILES string of the molecule is CC(=O)[C@H]1CC[C@H]2[C@@H]3C[C@H](O[C@@H]4O[C@H](C)[C@@H](O)[C@H](O)[C@H]4O)[C@H]4C[C@@H](OS(=O)(=O)O)CC[C@]4(C)C3=CC[C@]12C. The number of fused-ring (bicyclic) bond motifs is 5. The molecule has 11 heteroatoms. The van der Waals surface area contributed by atoms with Crippen LogP contribution in [-0.2, 0) is 28.9 Å². The van der Waals surface area contributed by atoms with Crippen LogP contribution >= 0.6 is 0 Å². The van der Waals surface area contributed by atoms with Crippen molar-refractivity contribution < 1.29 is 46.7 Å². The Hall–Kier alpha value is -0.920. The molecule has 1 aliphatic heterocycles. The van der Waals surface area contributed by atoms with Crippen LogP contribution in [0.2, 0.25) is 0 Å². The minimum atomic E-state index is -4.63. The average molecular weight is 559 g/mol. The summed E-state index contributed by atoms with van der Waals surface area (Å²) in [6.07, 6.45) is -0.320. The maximum Gasteiger partial charge on any atom is 0.397 e. The predicted octanol–water partition coefficient (Wildman–Crippen LogP) is 2.17. The number of carbonyl (C=O) groups is 1. The fraction of sp³-hybridized carbons (Fsp3) is 0.889. The Bertz CT molecular complexity index is 1080. The molecule has 4 N–H and O–H groups in total. The van der Waals surface area contributed by atoms with E-state index in [0.29, 0.717) is 25.7 Å². The highest BCUT2D eigenvalue weighted by Gasteiger charge is 2.61. The van der Waals surface area contributed by atoms with Crippen molar-refractivity contribution in [1.29, 1.82) is 0 Å². The number of hydrogen-bond donors (Lipinski definition) is 4. The molecule has 0 radical (unpaired) electrons. The van der Waals surface area contributed by atoms with E-state index in [1.54, 1.807) is 13.8 Å². The number of Topliss-reactive ketones (excluding diaryl/α,β-unsaturated/α-hetero) is 1. The third-order valence-electron chi connectivity index (χ3n) is 10.8. The molecule has 0 aromatic heterocycles. The first-order chi connectivity index (χ1) is 17.7. The van der Waals surface area contributed by atoms with Crippen LogP contribution in [0.3, 0.4) is 0 Å². The summed E-state index contributed by atoms with van der Waals surface area (Å²) in [7, 11) is -4.63. The van der Waals surface area contributed by atoms with Gasteiger partial charge in [0.2, 0.25) is 0 Å². The standard InChI is InChI=1S/C27H42O10S/c1-13(28)17-5-6-18-16-12-21(36-25-24(31)23(30)22(29)14(2)35-25)20-11-15(37-38(32,33)34)7-9-27(20,4)19(16)8-10-26(17,18)3/h8,14-18,20-25,29-31H,5-7,9-12H2,1-4H3,(H,32,33,34)/t14-,15+,16+,17-,18+,20-,21+,22-,23+,24-,25+,26-,27-/m1/s1. The number of aliphatic hydroxyl groups is 3. The molecular weight excluding hydrogens is 516 g/mol. The lowest BCUT2D eigenvalue weighted by Crippen LogP contribution is -2.60. The molecule has 0 spiro atoms. The molecule has 5 aliphatic rings. The molecule has 0 aromatic carbocycles. The van der Waals surface area contributed by atoms with Crippen LogP contribution in [0, 0.1) is 34.5 Å². The first kappa shape index (κ1) is 28.6. The van der Waals surface area contributed by atoms with Crippen molar-refractivity contribution in [2.45, 2.75) is 116 Å². The lowest BCUT2D eigenvalue weighted by Gasteiger charge is -2.59. The quantitative estimate of drug-likeness (QED) is 0.291. The van der Waals surface area contributed by atoms with Gasteiger partial charge in [-0.2, -0.15) is 8.42 Å². The van der Waals surface area contributed by atoms with Crippen LogP contribution in [0.15, 0.2) is 11.6 Å². The second-order valence-electron chi connectivity index (χ2n) is 12.9. The van der Waals surface area contributed by atoms with Crippen molar-refractivity contribution in [2.75, 3.05) is 0 Å². The molecule has 13 atom stereocenters. The number of hydrogen-bond acceptors (Lipinski definition) is 9. The van der Waals surface area contributed by atoms with Crippen molar-refractivity contribution in [2.24, 2.45) is 34.5 Å². The summed E-state index contributed by atoms with van der Waals surface area (Å²) in [5.74, 6) is 0.473. The van der Waals surface area contributed by atoms with Gasteiger partial charge in [-0.25, -0.2) is 4.18 Å². The minimum absolute atomic E-state index is 0.00933. The highest BCUT2D eigenvalue weighted by molar-refractivity contribution is 7.80. The summed E-state index contributed by atoms with van der Waals surface area (Å²) in [6.45, 7) is 7.68. The van der Waals surface area contributed by atoms with Gasteiger partial charge in [0.05, 0.1) is 18.3 Å². The summed E-state index contributed by atoms with van der Waals surface area (Å²) in [5, 5.41) is 31.2. The van der Waals surface area contributed by atoms with Gasteiger partial charge in [-0.1, -0.05) is 25.5 Å². The number of allylic oxidation sites excluding steroid dienone is 2. The Kier molecular flexibility index (Phi) is 7.43. The number of ketones is 1. The average Bonchev–Trinajstić information content (AvgIpc) is 3.18. The van der Waals surface area contributed by atoms with Gasteiger partial charge in [0.25, 0.3) is 0 Å². The Morgan fingerprint density at radius 1 is 1.05 bits per heavy atom. The van der Waals surface area contributed by atoms with Crippen LogP contribution in [0.5, 0.6) is 0 Å². The molecule has 5 rings (SSSR count). The second kappa shape index (κ2) is 9.87. The van der Waals surface area contributed by atoms with Gasteiger partial charge in [-0.15, -0.1) is 0 Å². The zero-order valence-electron chi connectivity index (χ0n) is 22.5. The fourth-order valence-corrected chi connectivity index (χ4v) is 9.40. The van der Waals surface area contributed by atoms with Crippen molar-refractivity contribution in [3.63, 3.8) is 0 Å². The van der Waals surface area contributed by atoms with E-state index in [9.17, 15) is 33.1 Å². The minimum Gasteiger partial charge on any atom is -0.388 e. The van der Waals surface area contributed by atoms with E-state index in [2.05, 4.69) is 19.9 Å². The Morgan fingerprint density at radius 2 is 1.76 bits per heavy atom. The van der Waals surface area contributed by atoms with Gasteiger partial charge in [-0.05, 0) is 87.4 Å². The van der Waals surface area contributed by atoms with E-state index < -0.39 is 53.3 Å². The molecule has 0 unspecified atom stereocenters. The number of aliphatic hydroxyl groups excluding tert-OH is 3. The summed E-state index contributed by atoms with van der Waals surface area (Å²) in [5.41, 5.74) is 0.841. The summed E-state index contributed by atoms with van der Waals surface area (Å²) < 4.78 is 49.6. The first-order valence-electron chi connectivity index (χ1n) is 13.9. The fourth-order valence-electron chi connectivity index (χ4n) is 8.88. The van der Waals surface area contributed by atoms with Crippen molar-refractivity contribution in [3.05, 3.63) is 11.6 Å². The molecule has 216 valence electrons. The Morgan fingerprint density at radius 3 is 2.42 bits per heavy atom. The van der Waals surface area contributed by atoms with Crippen LogP contribution in [0.1, 0.15) is 72.6 Å². The van der Waals surface area contributed by atoms with E-state index in [1.807, 2.05) is 0 Å². The zero-order valence-corrected chi connectivity index (χ0v) is 23.3. The lowest BCUT2D eigenvalue weighted by molar-refractivity contribution is -0.315. The highest BCUT2D eigenvalue weighted by atomic mass is 32.3. The van der Waals surface area contributed by atoms with Gasteiger partial charge in [0.15, 0.2) is 6.29 Å². The van der Waals surface area contributed by atoms with E-state index in [-0.39, 0.29) is 40.3 Å². The molecule has 38 heavy (non-hydrogen) atoms. The van der Waals surface area contributed by atoms with Gasteiger partial charge < -0.3 is 24.8 Å². The van der Waals surface area contributed by atoms with Crippen molar-refractivity contribution >= 4 is 16.2 Å². The monoisotopic (exact) mass is 558 g/mol. The Labute approximate surface area is 224 Å². The van der Waals surface area contributed by atoms with Crippen LogP contribution in [-0.4, -0.2) is 77.0 Å². The van der Waals surface area contributed by atoms with E-state index in [1.165, 1.54) is 5.57 Å². The molecule has 10 nitrogen and oxygen atoms in total. The second-order valence-corrected chi connectivity index (χ2v) is 13.9. The summed E-state index contributed by atoms with van der Waals surface area (Å²) in [6, 6.07) is 0. The molecule has 1 saturated heterocycles. The van der Waals surface area contributed by atoms with Gasteiger partial charge >= 0.3 is 10.4 Å². The Balaban J connectivity index is 1.49. The van der Waals surface area contributed by atoms with Gasteiger partial charge in [-0.3, -0.25) is 9.35 Å². The molecule has 1 heterocycles. The van der Waals surface area contributed by atoms with E-state index >= 15 is 0 Å². The number of rotatable bonds is 5. The molecule has 0 amide bonds. The zero-order chi connectivity index (χ0) is 27.8. The first-order valence-corrected chi connectivity index (χ1v) is 15.2. The van der Waals surface area contributed by atoms with Crippen LogP contribution < -0.4 is 0 Å². The van der Waals surface area contributed by atoms with E-state index in [4.69, 9.17) is 13.7 Å². The van der Waals surface area contributed by atoms with Gasteiger partial charge in [0, 0.05) is 5.92 Å². The molecule has 3 saturated carbocycles. The van der Waals surface area contributed by atoms with Crippen LogP contribution in [0.4, 0.5) is 0 Å². The molecule has 0 bridgehead atoms. The third-order valence-corrected chi connectivity index (χ3v) is 11.4. The van der Waals surface area contributed by atoms with Gasteiger partial charge in [0.1, 0.15) is 24.1 Å². The maximum absolute atomic E-state index is 12.5. The maximum atomic E-state index is 12.5. The van der Waals surface area contributed by atoms with Crippen molar-refractivity contribution in [3.8, 4) is 0 Å². The van der Waals surface area contributed by atoms with Crippen LogP contribution in [0.25, 0.3) is 0 Å². The van der Waals surface area contributed by atoms with E-state index in [0.717, 1.165) is 19.3 Å². The third kappa shape index (κ3) is 4.70. The smallest absolute Gasteiger partial charge is 0.388 e. The number of ether oxygens (including phenoxy) is 2. The molecular formula is C27H42O10S. The topological polar surface area (TPSA) is 160 Å². The summed E-state index contributed by atoms with van der Waals surface area (Å²) >= 11 is 0. The normalized spacial score (nSPS) is 50.9. The molecule has 4 aliphatic carbocycles. The number of carbonyl (C=O) groups excluding carboxylic acids is 1. The van der Waals surface area contributed by atoms with Crippen molar-refractivity contribution in [1.82, 2.24) is 0 Å². The highest BCUT2D eigenvalue weighted by Crippen LogP contribution is 2.66. The lowest BCUT2D eigenvalue weighted by atomic mass is 9.48. The predicted molar refractivity (Wildman–Crippen MR) is 135 cm³/mol.